The molecule has 2 aromatic carbocycles. The van der Waals surface area contributed by atoms with E-state index in [0.29, 0.717) is 5.02 Å². The van der Waals surface area contributed by atoms with Crippen LogP contribution in [0.15, 0.2) is 48.5 Å². The molecule has 0 N–H and O–H groups in total. The third-order valence-electron chi connectivity index (χ3n) is 3.17. The topological polar surface area (TPSA) is 0 Å². The standard InChI is InChI=1S/C16H15Cl3/c1-11(16(19)12-5-3-2-4-6-12)9-13-10-14(17)7-8-15(13)18/h2-8,10-11,16H,9H2,1H3. The number of hydrogen-bond donors (Lipinski definition) is 0. The summed E-state index contributed by atoms with van der Waals surface area (Å²) < 4.78 is 0. The van der Waals surface area contributed by atoms with Crippen LogP contribution in [0, 0.1) is 5.92 Å². The zero-order valence-electron chi connectivity index (χ0n) is 10.6. The third-order valence-corrected chi connectivity index (χ3v) is 4.45. The van der Waals surface area contributed by atoms with Gasteiger partial charge in [0.2, 0.25) is 0 Å². The maximum Gasteiger partial charge on any atom is 0.0613 e. The molecule has 0 aliphatic rings. The Morgan fingerprint density at radius 1 is 1.00 bits per heavy atom. The van der Waals surface area contributed by atoms with Gasteiger partial charge < -0.3 is 0 Å². The molecule has 2 unspecified atom stereocenters. The fourth-order valence-electron chi connectivity index (χ4n) is 2.12. The molecule has 0 bridgehead atoms. The first-order valence-corrected chi connectivity index (χ1v) is 7.40. The summed E-state index contributed by atoms with van der Waals surface area (Å²) in [6, 6.07) is 15.6. The minimum Gasteiger partial charge on any atom is -0.118 e. The van der Waals surface area contributed by atoms with Crippen LogP contribution in [0.3, 0.4) is 0 Å². The maximum atomic E-state index is 6.52. The second kappa shape index (κ2) is 6.65. The molecule has 0 spiro atoms. The second-order valence-electron chi connectivity index (χ2n) is 4.73. The minimum absolute atomic E-state index is 0.0313. The van der Waals surface area contributed by atoms with Gasteiger partial charge in [0, 0.05) is 10.0 Å². The minimum atomic E-state index is -0.0313. The SMILES string of the molecule is CC(Cc1cc(Cl)ccc1Cl)C(Cl)c1ccccc1. The number of rotatable bonds is 4. The summed E-state index contributed by atoms with van der Waals surface area (Å²) in [5, 5.41) is 1.42. The van der Waals surface area contributed by atoms with E-state index < -0.39 is 0 Å². The van der Waals surface area contributed by atoms with Crippen molar-refractivity contribution in [1.82, 2.24) is 0 Å². The van der Waals surface area contributed by atoms with E-state index in [0.717, 1.165) is 22.6 Å². The Kier molecular flexibility index (Phi) is 5.15. The molecule has 0 fully saturated rings. The van der Waals surface area contributed by atoms with Crippen molar-refractivity contribution in [2.75, 3.05) is 0 Å². The van der Waals surface area contributed by atoms with Crippen molar-refractivity contribution in [1.29, 1.82) is 0 Å². The lowest BCUT2D eigenvalue weighted by Gasteiger charge is -2.19. The van der Waals surface area contributed by atoms with Gasteiger partial charge in [-0.05, 0) is 41.7 Å². The molecule has 0 saturated heterocycles. The predicted molar refractivity (Wildman–Crippen MR) is 84.4 cm³/mol. The van der Waals surface area contributed by atoms with Crippen LogP contribution in [-0.2, 0) is 6.42 Å². The molecule has 2 atom stereocenters. The Morgan fingerprint density at radius 2 is 1.68 bits per heavy atom. The lowest BCUT2D eigenvalue weighted by atomic mass is 9.94. The van der Waals surface area contributed by atoms with E-state index in [-0.39, 0.29) is 11.3 Å². The lowest BCUT2D eigenvalue weighted by Crippen LogP contribution is -2.07. The van der Waals surface area contributed by atoms with Crippen molar-refractivity contribution in [3.63, 3.8) is 0 Å². The van der Waals surface area contributed by atoms with Crippen molar-refractivity contribution >= 4 is 34.8 Å². The number of benzene rings is 2. The zero-order valence-corrected chi connectivity index (χ0v) is 12.9. The second-order valence-corrected chi connectivity index (χ2v) is 6.04. The van der Waals surface area contributed by atoms with Crippen LogP contribution >= 0.6 is 34.8 Å². The van der Waals surface area contributed by atoms with E-state index in [1.54, 1.807) is 6.07 Å². The van der Waals surface area contributed by atoms with Crippen molar-refractivity contribution in [3.8, 4) is 0 Å². The lowest BCUT2D eigenvalue weighted by molar-refractivity contribution is 0.558. The highest BCUT2D eigenvalue weighted by molar-refractivity contribution is 6.33. The van der Waals surface area contributed by atoms with Gasteiger partial charge in [0.15, 0.2) is 0 Å². The van der Waals surface area contributed by atoms with Gasteiger partial charge in [-0.15, -0.1) is 11.6 Å². The molecule has 3 heteroatoms. The van der Waals surface area contributed by atoms with Gasteiger partial charge in [-0.1, -0.05) is 60.5 Å². The Morgan fingerprint density at radius 3 is 2.37 bits per heavy atom. The average Bonchev–Trinajstić information content (AvgIpc) is 2.43. The highest BCUT2D eigenvalue weighted by Gasteiger charge is 2.18. The van der Waals surface area contributed by atoms with Gasteiger partial charge in [0.1, 0.15) is 0 Å². The fraction of sp³-hybridized carbons (Fsp3) is 0.250. The van der Waals surface area contributed by atoms with Crippen molar-refractivity contribution in [2.24, 2.45) is 5.92 Å². The molecule has 0 heterocycles. The molecule has 19 heavy (non-hydrogen) atoms. The van der Waals surface area contributed by atoms with E-state index >= 15 is 0 Å². The van der Waals surface area contributed by atoms with Crippen LogP contribution < -0.4 is 0 Å². The molecular weight excluding hydrogens is 299 g/mol. The van der Waals surface area contributed by atoms with Gasteiger partial charge in [0.05, 0.1) is 5.38 Å². The average molecular weight is 314 g/mol. The van der Waals surface area contributed by atoms with Gasteiger partial charge in [-0.25, -0.2) is 0 Å². The van der Waals surface area contributed by atoms with Gasteiger partial charge >= 0.3 is 0 Å². The monoisotopic (exact) mass is 312 g/mol. The van der Waals surface area contributed by atoms with Crippen LogP contribution in [0.2, 0.25) is 10.0 Å². The van der Waals surface area contributed by atoms with Crippen LogP contribution in [0.1, 0.15) is 23.4 Å². The van der Waals surface area contributed by atoms with E-state index in [1.165, 1.54) is 0 Å². The Bertz CT molecular complexity index is 537. The van der Waals surface area contributed by atoms with Crippen LogP contribution in [0.5, 0.6) is 0 Å². The largest absolute Gasteiger partial charge is 0.118 e. The summed E-state index contributed by atoms with van der Waals surface area (Å²) in [4.78, 5) is 0. The number of hydrogen-bond acceptors (Lipinski definition) is 0. The van der Waals surface area contributed by atoms with Crippen LogP contribution in [0.4, 0.5) is 0 Å². The molecule has 0 aliphatic carbocycles. The van der Waals surface area contributed by atoms with Gasteiger partial charge in [0.25, 0.3) is 0 Å². The maximum absolute atomic E-state index is 6.52. The van der Waals surface area contributed by atoms with Crippen molar-refractivity contribution < 1.29 is 0 Å². The molecule has 2 rings (SSSR count). The molecule has 0 nitrogen and oxygen atoms in total. The Labute approximate surface area is 129 Å². The molecule has 0 aromatic heterocycles. The summed E-state index contributed by atoms with van der Waals surface area (Å²) in [5.74, 6) is 0.278. The molecule has 0 radical (unpaired) electrons. The third kappa shape index (κ3) is 3.89. The Hall–Kier alpha value is -0.690. The van der Waals surface area contributed by atoms with E-state index in [2.05, 4.69) is 6.92 Å². The molecule has 0 aliphatic heterocycles. The summed E-state index contributed by atoms with van der Waals surface area (Å²) in [6.07, 6.45) is 0.808. The van der Waals surface area contributed by atoms with E-state index in [1.807, 2.05) is 42.5 Å². The first kappa shape index (κ1) is 14.7. The highest BCUT2D eigenvalue weighted by atomic mass is 35.5. The quantitative estimate of drug-likeness (QED) is 0.594. The number of alkyl halides is 1. The first-order valence-electron chi connectivity index (χ1n) is 6.21. The summed E-state index contributed by atoms with van der Waals surface area (Å²) in [7, 11) is 0. The molecule has 2 aromatic rings. The van der Waals surface area contributed by atoms with Crippen LogP contribution in [0.25, 0.3) is 0 Å². The normalized spacial score (nSPS) is 14.1. The summed E-state index contributed by atoms with van der Waals surface area (Å²) in [6.45, 7) is 2.13. The van der Waals surface area contributed by atoms with E-state index in [9.17, 15) is 0 Å². The Balaban J connectivity index is 2.12. The molecular formula is C16H15Cl3. The van der Waals surface area contributed by atoms with Crippen molar-refractivity contribution in [2.45, 2.75) is 18.7 Å². The smallest absolute Gasteiger partial charge is 0.0613 e. The molecule has 0 saturated carbocycles. The van der Waals surface area contributed by atoms with Gasteiger partial charge in [-0.3, -0.25) is 0 Å². The highest BCUT2D eigenvalue weighted by Crippen LogP contribution is 2.33. The van der Waals surface area contributed by atoms with Crippen LogP contribution in [-0.4, -0.2) is 0 Å². The fourth-order valence-corrected chi connectivity index (χ4v) is 2.74. The van der Waals surface area contributed by atoms with E-state index in [4.69, 9.17) is 34.8 Å². The molecule has 100 valence electrons. The number of halogens is 3. The molecule has 0 amide bonds. The summed E-state index contributed by atoms with van der Waals surface area (Å²) >= 11 is 18.7. The summed E-state index contributed by atoms with van der Waals surface area (Å²) in [5.41, 5.74) is 2.18. The predicted octanol–water partition coefficient (Wildman–Crippen LogP) is 6.15. The van der Waals surface area contributed by atoms with Gasteiger partial charge in [-0.2, -0.15) is 0 Å². The first-order chi connectivity index (χ1) is 9.08. The van der Waals surface area contributed by atoms with Crippen molar-refractivity contribution in [3.05, 3.63) is 69.7 Å². The zero-order chi connectivity index (χ0) is 13.8.